The molecule has 0 saturated heterocycles. The van der Waals surface area contributed by atoms with Gasteiger partial charge >= 0.3 is 0 Å². The summed E-state index contributed by atoms with van der Waals surface area (Å²) in [6, 6.07) is 6.57. The molecule has 4 heteroatoms. The summed E-state index contributed by atoms with van der Waals surface area (Å²) in [6.45, 7) is 3.08. The number of nitrogens with one attached hydrogen (secondary N) is 1. The maximum Gasteiger partial charge on any atom is 0.0931 e. The Hall–Kier alpha value is -1.55. The molecule has 1 unspecified atom stereocenters. The van der Waals surface area contributed by atoms with E-state index in [1.54, 1.807) is 6.33 Å². The van der Waals surface area contributed by atoms with Gasteiger partial charge in [-0.2, -0.15) is 0 Å². The Labute approximate surface area is 102 Å². The van der Waals surface area contributed by atoms with Gasteiger partial charge in [0.15, 0.2) is 0 Å². The number of anilines is 1. The molecule has 1 aromatic carbocycles. The fraction of sp³-hybridized carbons (Fsp3) is 0.462. The summed E-state index contributed by atoms with van der Waals surface area (Å²) in [5.41, 5.74) is 9.06. The van der Waals surface area contributed by atoms with Gasteiger partial charge in [0.25, 0.3) is 0 Å². The maximum absolute atomic E-state index is 5.75. The van der Waals surface area contributed by atoms with Gasteiger partial charge in [-0.25, -0.2) is 4.98 Å². The highest BCUT2D eigenvalue weighted by Crippen LogP contribution is 2.19. The number of rotatable bonds is 5. The van der Waals surface area contributed by atoms with Crippen LogP contribution < -0.4 is 10.6 Å². The van der Waals surface area contributed by atoms with Crippen LogP contribution in [-0.4, -0.2) is 29.6 Å². The van der Waals surface area contributed by atoms with Gasteiger partial charge in [-0.15, -0.1) is 0 Å². The van der Waals surface area contributed by atoms with E-state index in [1.807, 2.05) is 6.07 Å². The topological polar surface area (TPSA) is 57.9 Å². The van der Waals surface area contributed by atoms with Crippen LogP contribution in [0.5, 0.6) is 0 Å². The molecule has 0 radical (unpaired) electrons. The summed E-state index contributed by atoms with van der Waals surface area (Å²) in [5, 5.41) is 0. The molecule has 2 aromatic rings. The third-order valence-corrected chi connectivity index (χ3v) is 3.00. The van der Waals surface area contributed by atoms with Crippen molar-refractivity contribution in [1.29, 1.82) is 0 Å². The van der Waals surface area contributed by atoms with E-state index < -0.39 is 0 Å². The second-order valence-corrected chi connectivity index (χ2v) is 4.65. The molecule has 92 valence electrons. The van der Waals surface area contributed by atoms with E-state index in [-0.39, 0.29) is 0 Å². The summed E-state index contributed by atoms with van der Waals surface area (Å²) in [4.78, 5) is 9.60. The van der Waals surface area contributed by atoms with Crippen LogP contribution in [0, 0.1) is 0 Å². The lowest BCUT2D eigenvalue weighted by atomic mass is 10.2. The first-order chi connectivity index (χ1) is 8.16. The van der Waals surface area contributed by atoms with Crippen molar-refractivity contribution in [1.82, 2.24) is 9.97 Å². The highest BCUT2D eigenvalue weighted by atomic mass is 15.1. The number of aromatic nitrogens is 2. The monoisotopic (exact) mass is 232 g/mol. The molecular formula is C13H20N4. The molecule has 1 atom stereocenters. The zero-order chi connectivity index (χ0) is 12.3. The highest BCUT2D eigenvalue weighted by Gasteiger charge is 2.04. The Morgan fingerprint density at radius 1 is 1.47 bits per heavy atom. The first-order valence-corrected chi connectivity index (χ1v) is 6.06. The summed E-state index contributed by atoms with van der Waals surface area (Å²) >= 11 is 0. The van der Waals surface area contributed by atoms with Crippen LogP contribution in [0.2, 0.25) is 0 Å². The number of nitrogens with zero attached hydrogens (tertiary/aromatic N) is 2. The van der Waals surface area contributed by atoms with Crippen molar-refractivity contribution in [2.75, 3.05) is 18.5 Å². The van der Waals surface area contributed by atoms with Gasteiger partial charge in [0, 0.05) is 25.3 Å². The zero-order valence-corrected chi connectivity index (χ0v) is 10.5. The van der Waals surface area contributed by atoms with Crippen LogP contribution in [0.3, 0.4) is 0 Å². The molecule has 2 rings (SSSR count). The van der Waals surface area contributed by atoms with Crippen LogP contribution in [0.25, 0.3) is 11.0 Å². The zero-order valence-electron chi connectivity index (χ0n) is 10.5. The van der Waals surface area contributed by atoms with Crippen molar-refractivity contribution in [2.45, 2.75) is 25.8 Å². The van der Waals surface area contributed by atoms with Gasteiger partial charge in [-0.1, -0.05) is 0 Å². The summed E-state index contributed by atoms with van der Waals surface area (Å²) in [7, 11) is 2.11. The normalized spacial score (nSPS) is 12.9. The molecule has 0 amide bonds. The number of H-pyrrole nitrogens is 1. The number of aromatic amines is 1. The number of nitrogens with two attached hydrogens (primary N) is 1. The predicted octanol–water partition coefficient (Wildman–Crippen LogP) is 2.13. The van der Waals surface area contributed by atoms with Crippen LogP contribution >= 0.6 is 0 Å². The van der Waals surface area contributed by atoms with Crippen molar-refractivity contribution in [3.05, 3.63) is 24.5 Å². The van der Waals surface area contributed by atoms with Crippen molar-refractivity contribution in [3.63, 3.8) is 0 Å². The van der Waals surface area contributed by atoms with Crippen molar-refractivity contribution in [3.8, 4) is 0 Å². The van der Waals surface area contributed by atoms with Crippen molar-refractivity contribution in [2.24, 2.45) is 5.73 Å². The van der Waals surface area contributed by atoms with Gasteiger partial charge in [-0.05, 0) is 38.0 Å². The Bertz CT molecular complexity index is 475. The summed E-state index contributed by atoms with van der Waals surface area (Å²) in [5.74, 6) is 0. The molecule has 17 heavy (non-hydrogen) atoms. The minimum absolute atomic E-state index is 0.290. The van der Waals surface area contributed by atoms with E-state index in [9.17, 15) is 0 Å². The van der Waals surface area contributed by atoms with E-state index in [4.69, 9.17) is 5.73 Å². The highest BCUT2D eigenvalue weighted by molar-refractivity contribution is 5.78. The Morgan fingerprint density at radius 2 is 2.29 bits per heavy atom. The van der Waals surface area contributed by atoms with E-state index in [2.05, 4.69) is 41.0 Å². The van der Waals surface area contributed by atoms with Crippen LogP contribution in [0.4, 0.5) is 5.69 Å². The number of fused-ring (bicyclic) bond motifs is 1. The minimum Gasteiger partial charge on any atom is -0.375 e. The third-order valence-electron chi connectivity index (χ3n) is 3.00. The molecule has 0 aliphatic carbocycles. The molecule has 4 nitrogen and oxygen atoms in total. The molecule has 0 aliphatic rings. The Kier molecular flexibility index (Phi) is 3.64. The van der Waals surface area contributed by atoms with Gasteiger partial charge < -0.3 is 15.6 Å². The first kappa shape index (κ1) is 11.9. The lowest BCUT2D eigenvalue weighted by molar-refractivity contribution is 0.622. The number of hydrogen-bond donors (Lipinski definition) is 2. The lowest BCUT2D eigenvalue weighted by Crippen LogP contribution is -2.21. The molecule has 3 N–H and O–H groups in total. The van der Waals surface area contributed by atoms with Crippen molar-refractivity contribution >= 4 is 16.7 Å². The predicted molar refractivity (Wildman–Crippen MR) is 72.2 cm³/mol. The maximum atomic E-state index is 5.75. The molecule has 0 bridgehead atoms. The molecule has 0 saturated carbocycles. The third kappa shape index (κ3) is 2.97. The average molecular weight is 232 g/mol. The molecule has 1 aromatic heterocycles. The molecular weight excluding hydrogens is 212 g/mol. The Balaban J connectivity index is 2.00. The fourth-order valence-electron chi connectivity index (χ4n) is 1.94. The van der Waals surface area contributed by atoms with Crippen LogP contribution in [-0.2, 0) is 0 Å². The number of hydrogen-bond acceptors (Lipinski definition) is 3. The van der Waals surface area contributed by atoms with Gasteiger partial charge in [-0.3, -0.25) is 0 Å². The average Bonchev–Trinajstić information content (AvgIpc) is 2.75. The molecule has 0 spiro atoms. The SMILES string of the molecule is CC(N)CCCN(C)c1ccc2nc[nH]c2c1. The molecule has 0 fully saturated rings. The van der Waals surface area contributed by atoms with Crippen LogP contribution in [0.1, 0.15) is 19.8 Å². The summed E-state index contributed by atoms with van der Waals surface area (Å²) < 4.78 is 0. The first-order valence-electron chi connectivity index (χ1n) is 6.06. The van der Waals surface area contributed by atoms with Crippen molar-refractivity contribution < 1.29 is 0 Å². The number of imidazole rings is 1. The minimum atomic E-state index is 0.290. The second kappa shape index (κ2) is 5.19. The van der Waals surface area contributed by atoms with E-state index in [0.717, 1.165) is 30.4 Å². The Morgan fingerprint density at radius 3 is 3.06 bits per heavy atom. The molecule has 1 heterocycles. The summed E-state index contributed by atoms with van der Waals surface area (Å²) in [6.07, 6.45) is 3.91. The second-order valence-electron chi connectivity index (χ2n) is 4.65. The smallest absolute Gasteiger partial charge is 0.0931 e. The van der Waals surface area contributed by atoms with E-state index >= 15 is 0 Å². The van der Waals surface area contributed by atoms with E-state index in [0.29, 0.717) is 6.04 Å². The van der Waals surface area contributed by atoms with Gasteiger partial charge in [0.05, 0.1) is 17.4 Å². The lowest BCUT2D eigenvalue weighted by Gasteiger charge is -2.19. The molecule has 0 aliphatic heterocycles. The number of benzene rings is 1. The van der Waals surface area contributed by atoms with Crippen LogP contribution in [0.15, 0.2) is 24.5 Å². The quantitative estimate of drug-likeness (QED) is 0.830. The van der Waals surface area contributed by atoms with Gasteiger partial charge in [0.1, 0.15) is 0 Å². The van der Waals surface area contributed by atoms with E-state index in [1.165, 1.54) is 5.69 Å². The largest absolute Gasteiger partial charge is 0.375 e. The van der Waals surface area contributed by atoms with Gasteiger partial charge in [0.2, 0.25) is 0 Å². The standard InChI is InChI=1S/C13H20N4/c1-10(14)4-3-7-17(2)11-5-6-12-13(8-11)16-9-15-12/h5-6,8-10H,3-4,7,14H2,1-2H3,(H,15,16). The fourth-order valence-corrected chi connectivity index (χ4v) is 1.94.